The Morgan fingerprint density at radius 1 is 1.59 bits per heavy atom. The fourth-order valence-corrected chi connectivity index (χ4v) is 1.74. The number of carbonyl (C=O) groups excluding carboxylic acids is 1. The SMILES string of the molecule is CCOC(=O)c1c(Br)cnc(OC)c1C(F)F. The molecular formula is C10H10BrF2NO3. The monoisotopic (exact) mass is 309 g/mol. The third kappa shape index (κ3) is 2.91. The lowest BCUT2D eigenvalue weighted by Gasteiger charge is -2.12. The van der Waals surface area contributed by atoms with Crippen LogP contribution < -0.4 is 4.74 Å². The summed E-state index contributed by atoms with van der Waals surface area (Å²) in [4.78, 5) is 15.3. The van der Waals surface area contributed by atoms with Crippen molar-refractivity contribution < 1.29 is 23.0 Å². The summed E-state index contributed by atoms with van der Waals surface area (Å²) >= 11 is 3.00. The lowest BCUT2D eigenvalue weighted by atomic mass is 10.1. The predicted octanol–water partition coefficient (Wildman–Crippen LogP) is 2.97. The van der Waals surface area contributed by atoms with Crippen LogP contribution in [-0.4, -0.2) is 24.7 Å². The second-order valence-electron chi connectivity index (χ2n) is 2.93. The Balaban J connectivity index is 3.38. The van der Waals surface area contributed by atoms with Gasteiger partial charge in [-0.05, 0) is 22.9 Å². The van der Waals surface area contributed by atoms with Crippen molar-refractivity contribution in [2.45, 2.75) is 13.3 Å². The van der Waals surface area contributed by atoms with Crippen LogP contribution in [0.25, 0.3) is 0 Å². The molecule has 0 radical (unpaired) electrons. The molecule has 94 valence electrons. The Morgan fingerprint density at radius 3 is 2.71 bits per heavy atom. The molecule has 7 heteroatoms. The number of carbonyl (C=O) groups is 1. The first-order valence-electron chi connectivity index (χ1n) is 4.70. The molecule has 4 nitrogen and oxygen atoms in total. The first-order chi connectivity index (χ1) is 8.02. The molecule has 0 aliphatic rings. The molecule has 0 bridgehead atoms. The Morgan fingerprint density at radius 2 is 2.24 bits per heavy atom. The van der Waals surface area contributed by atoms with Crippen molar-refractivity contribution in [1.82, 2.24) is 4.98 Å². The van der Waals surface area contributed by atoms with Crippen molar-refractivity contribution in [2.24, 2.45) is 0 Å². The first-order valence-corrected chi connectivity index (χ1v) is 5.49. The third-order valence-electron chi connectivity index (χ3n) is 1.92. The van der Waals surface area contributed by atoms with Crippen LogP contribution in [0.5, 0.6) is 5.88 Å². The zero-order valence-electron chi connectivity index (χ0n) is 9.17. The van der Waals surface area contributed by atoms with Crippen LogP contribution in [-0.2, 0) is 4.74 Å². The molecule has 1 rings (SSSR count). The number of hydrogen-bond donors (Lipinski definition) is 0. The molecule has 0 fully saturated rings. The van der Waals surface area contributed by atoms with E-state index in [9.17, 15) is 13.6 Å². The van der Waals surface area contributed by atoms with Crippen molar-refractivity contribution in [3.8, 4) is 5.88 Å². The van der Waals surface area contributed by atoms with E-state index in [0.29, 0.717) is 0 Å². The second-order valence-corrected chi connectivity index (χ2v) is 3.78. The molecule has 0 unspecified atom stereocenters. The van der Waals surface area contributed by atoms with E-state index < -0.39 is 18.0 Å². The Hall–Kier alpha value is -1.24. The van der Waals surface area contributed by atoms with E-state index in [-0.39, 0.29) is 22.5 Å². The van der Waals surface area contributed by atoms with E-state index in [0.717, 1.165) is 0 Å². The number of ether oxygens (including phenoxy) is 2. The first kappa shape index (κ1) is 13.8. The summed E-state index contributed by atoms with van der Waals surface area (Å²) in [5, 5.41) is 0. The van der Waals surface area contributed by atoms with Crippen LogP contribution in [0.4, 0.5) is 8.78 Å². The number of pyridine rings is 1. The van der Waals surface area contributed by atoms with E-state index in [1.54, 1.807) is 6.92 Å². The number of aromatic nitrogens is 1. The zero-order chi connectivity index (χ0) is 13.0. The minimum atomic E-state index is -2.88. The van der Waals surface area contributed by atoms with Crippen molar-refractivity contribution >= 4 is 21.9 Å². The van der Waals surface area contributed by atoms with E-state index in [2.05, 4.69) is 20.9 Å². The molecule has 0 saturated heterocycles. The lowest BCUT2D eigenvalue weighted by Crippen LogP contribution is -2.11. The highest BCUT2D eigenvalue weighted by Crippen LogP contribution is 2.34. The van der Waals surface area contributed by atoms with Gasteiger partial charge in [0.25, 0.3) is 6.43 Å². The maximum Gasteiger partial charge on any atom is 0.340 e. The van der Waals surface area contributed by atoms with E-state index in [1.165, 1.54) is 13.3 Å². The summed E-state index contributed by atoms with van der Waals surface area (Å²) in [5.41, 5.74) is -0.825. The molecule has 0 spiro atoms. The highest BCUT2D eigenvalue weighted by atomic mass is 79.9. The van der Waals surface area contributed by atoms with Gasteiger partial charge in [-0.2, -0.15) is 0 Å². The van der Waals surface area contributed by atoms with Crippen LogP contribution in [0.3, 0.4) is 0 Å². The van der Waals surface area contributed by atoms with Gasteiger partial charge in [-0.1, -0.05) is 0 Å². The summed E-state index contributed by atoms with van der Waals surface area (Å²) in [6.45, 7) is 1.69. The molecule has 1 aromatic heterocycles. The molecule has 1 heterocycles. The van der Waals surface area contributed by atoms with Crippen LogP contribution in [0.15, 0.2) is 10.7 Å². The second kappa shape index (κ2) is 5.90. The highest BCUT2D eigenvalue weighted by Gasteiger charge is 2.27. The summed E-state index contributed by atoms with van der Waals surface area (Å²) in [6.07, 6.45) is -1.66. The minimum Gasteiger partial charge on any atom is -0.481 e. The van der Waals surface area contributed by atoms with Crippen LogP contribution in [0.2, 0.25) is 0 Å². The normalized spacial score (nSPS) is 10.5. The summed E-state index contributed by atoms with van der Waals surface area (Å²) in [5.74, 6) is -1.12. The molecule has 17 heavy (non-hydrogen) atoms. The predicted molar refractivity (Wildman–Crippen MR) is 59.4 cm³/mol. The summed E-state index contributed by atoms with van der Waals surface area (Å²) < 4.78 is 35.4. The van der Waals surface area contributed by atoms with Crippen LogP contribution >= 0.6 is 15.9 Å². The Bertz CT molecular complexity index is 426. The van der Waals surface area contributed by atoms with Gasteiger partial charge in [-0.15, -0.1) is 0 Å². The quantitative estimate of drug-likeness (QED) is 0.802. The molecule has 0 atom stereocenters. The van der Waals surface area contributed by atoms with E-state index >= 15 is 0 Å². The van der Waals surface area contributed by atoms with Crippen molar-refractivity contribution in [1.29, 1.82) is 0 Å². The fraction of sp³-hybridized carbons (Fsp3) is 0.400. The minimum absolute atomic E-state index is 0.0958. The average Bonchev–Trinajstić information content (AvgIpc) is 2.28. The molecule has 0 aromatic carbocycles. The molecule has 1 aromatic rings. The number of methoxy groups -OCH3 is 1. The molecule has 0 aliphatic heterocycles. The molecule has 0 N–H and O–H groups in total. The van der Waals surface area contributed by atoms with Crippen LogP contribution in [0, 0.1) is 0 Å². The number of hydrogen-bond acceptors (Lipinski definition) is 4. The maximum atomic E-state index is 12.9. The number of halogens is 3. The standard InChI is InChI=1S/C10H10BrF2NO3/c1-3-17-10(15)6-5(11)4-14-9(16-2)7(6)8(12)13/h4,8H,3H2,1-2H3. The van der Waals surface area contributed by atoms with E-state index in [1.807, 2.05) is 0 Å². The van der Waals surface area contributed by atoms with Gasteiger partial charge < -0.3 is 9.47 Å². The van der Waals surface area contributed by atoms with Crippen molar-refractivity contribution in [3.05, 3.63) is 21.8 Å². The van der Waals surface area contributed by atoms with Crippen molar-refractivity contribution in [3.63, 3.8) is 0 Å². The number of esters is 1. The smallest absolute Gasteiger partial charge is 0.340 e. The topological polar surface area (TPSA) is 48.4 Å². The number of alkyl halides is 2. The largest absolute Gasteiger partial charge is 0.481 e. The van der Waals surface area contributed by atoms with Gasteiger partial charge in [0.15, 0.2) is 0 Å². The molecule has 0 saturated carbocycles. The highest BCUT2D eigenvalue weighted by molar-refractivity contribution is 9.10. The Kier molecular flexibility index (Phi) is 4.80. The lowest BCUT2D eigenvalue weighted by molar-refractivity contribution is 0.0512. The van der Waals surface area contributed by atoms with Crippen molar-refractivity contribution in [2.75, 3.05) is 13.7 Å². The number of rotatable bonds is 4. The van der Waals surface area contributed by atoms with Gasteiger partial charge in [0, 0.05) is 6.20 Å². The van der Waals surface area contributed by atoms with Crippen LogP contribution in [0.1, 0.15) is 29.3 Å². The maximum absolute atomic E-state index is 12.9. The van der Waals surface area contributed by atoms with Gasteiger partial charge in [-0.3, -0.25) is 0 Å². The zero-order valence-corrected chi connectivity index (χ0v) is 10.8. The fourth-order valence-electron chi connectivity index (χ4n) is 1.26. The van der Waals surface area contributed by atoms with Gasteiger partial charge in [0.2, 0.25) is 5.88 Å². The summed E-state index contributed by atoms with van der Waals surface area (Å²) in [6, 6.07) is 0. The Labute approximate surface area is 105 Å². The van der Waals surface area contributed by atoms with Gasteiger partial charge in [0.05, 0.1) is 29.3 Å². The van der Waals surface area contributed by atoms with Gasteiger partial charge >= 0.3 is 5.97 Å². The average molecular weight is 310 g/mol. The van der Waals surface area contributed by atoms with E-state index in [4.69, 9.17) is 9.47 Å². The summed E-state index contributed by atoms with van der Waals surface area (Å²) in [7, 11) is 1.21. The molecule has 0 amide bonds. The third-order valence-corrected chi connectivity index (χ3v) is 2.53. The molecular weight excluding hydrogens is 300 g/mol. The van der Waals surface area contributed by atoms with Gasteiger partial charge in [-0.25, -0.2) is 18.6 Å². The number of nitrogens with zero attached hydrogens (tertiary/aromatic N) is 1. The molecule has 0 aliphatic carbocycles. The van der Waals surface area contributed by atoms with Gasteiger partial charge in [0.1, 0.15) is 0 Å².